The molecule has 0 aliphatic heterocycles. The molecule has 0 aliphatic rings. The van der Waals surface area contributed by atoms with Gasteiger partial charge >= 0.3 is 12.0 Å². The fraction of sp³-hybridized carbons (Fsp3) is 0.833. The number of amides is 2. The lowest BCUT2D eigenvalue weighted by Gasteiger charge is -2.17. The Hall–Kier alpha value is -0.910. The molecule has 0 rings (SSSR count). The van der Waals surface area contributed by atoms with Crippen molar-refractivity contribution in [2.45, 2.75) is 32.1 Å². The van der Waals surface area contributed by atoms with Gasteiger partial charge < -0.3 is 15.3 Å². The zero-order chi connectivity index (χ0) is 13.8. The van der Waals surface area contributed by atoms with Gasteiger partial charge in [-0.25, -0.2) is 4.79 Å². The number of thioether (sulfide) groups is 1. The zero-order valence-electron chi connectivity index (χ0n) is 11.3. The first kappa shape index (κ1) is 17.1. The third-order valence-corrected chi connectivity index (χ3v) is 3.23. The Morgan fingerprint density at radius 3 is 2.56 bits per heavy atom. The third-order valence-electron chi connectivity index (χ3n) is 2.53. The minimum absolute atomic E-state index is 0.103. The molecule has 2 N–H and O–H groups in total. The van der Waals surface area contributed by atoms with Crippen LogP contribution in [0.15, 0.2) is 0 Å². The maximum absolute atomic E-state index is 11.6. The molecule has 2 amide bonds. The van der Waals surface area contributed by atoms with Crippen LogP contribution in [0.1, 0.15) is 32.1 Å². The monoisotopic (exact) mass is 276 g/mol. The van der Waals surface area contributed by atoms with E-state index >= 15 is 0 Å². The molecule has 0 heterocycles. The van der Waals surface area contributed by atoms with Crippen LogP contribution in [0.4, 0.5) is 4.79 Å². The normalized spacial score (nSPS) is 10.1. The molecule has 0 aliphatic carbocycles. The van der Waals surface area contributed by atoms with E-state index in [9.17, 15) is 9.59 Å². The molecule has 106 valence electrons. The second-order valence-corrected chi connectivity index (χ2v) is 5.19. The second kappa shape index (κ2) is 11.2. The number of carbonyl (C=O) groups excluding carboxylic acids is 1. The van der Waals surface area contributed by atoms with Gasteiger partial charge in [0.2, 0.25) is 0 Å². The molecule has 0 saturated heterocycles. The van der Waals surface area contributed by atoms with E-state index in [2.05, 4.69) is 11.6 Å². The Morgan fingerprint density at radius 2 is 1.94 bits per heavy atom. The van der Waals surface area contributed by atoms with Crippen molar-refractivity contribution in [2.24, 2.45) is 0 Å². The molecular weight excluding hydrogens is 252 g/mol. The predicted octanol–water partition coefficient (Wildman–Crippen LogP) is 2.03. The standard InChI is InChI=1S/C12H24N2O3S/c1-14(9-6-7-11(15)16)12(17)13-8-4-3-5-10-18-2/h3-10H2,1-2H3,(H,13,17)(H,15,16). The van der Waals surface area contributed by atoms with Crippen molar-refractivity contribution in [2.75, 3.05) is 32.1 Å². The van der Waals surface area contributed by atoms with E-state index in [1.165, 1.54) is 17.1 Å². The first-order chi connectivity index (χ1) is 8.57. The highest BCUT2D eigenvalue weighted by Gasteiger charge is 2.07. The summed E-state index contributed by atoms with van der Waals surface area (Å²) in [5, 5.41) is 11.3. The summed E-state index contributed by atoms with van der Waals surface area (Å²) in [5.74, 6) is 0.348. The van der Waals surface area contributed by atoms with E-state index in [1.54, 1.807) is 7.05 Å². The summed E-state index contributed by atoms with van der Waals surface area (Å²) in [6.45, 7) is 1.17. The van der Waals surface area contributed by atoms with Gasteiger partial charge in [0, 0.05) is 26.6 Å². The molecule has 0 spiro atoms. The fourth-order valence-electron chi connectivity index (χ4n) is 1.45. The van der Waals surface area contributed by atoms with Crippen LogP contribution in [0.5, 0.6) is 0 Å². The number of nitrogens with zero attached hydrogens (tertiary/aromatic N) is 1. The first-order valence-electron chi connectivity index (χ1n) is 6.27. The molecule has 6 heteroatoms. The van der Waals surface area contributed by atoms with Crippen molar-refractivity contribution in [1.29, 1.82) is 0 Å². The van der Waals surface area contributed by atoms with Crippen LogP contribution in [0.25, 0.3) is 0 Å². The Balaban J connectivity index is 3.47. The second-order valence-electron chi connectivity index (χ2n) is 4.20. The largest absolute Gasteiger partial charge is 0.481 e. The van der Waals surface area contributed by atoms with Crippen LogP contribution in [-0.2, 0) is 4.79 Å². The summed E-state index contributed by atoms with van der Waals surface area (Å²) in [4.78, 5) is 23.4. The Bertz CT molecular complexity index is 249. The Morgan fingerprint density at radius 1 is 1.22 bits per heavy atom. The van der Waals surface area contributed by atoms with Gasteiger partial charge in [0.1, 0.15) is 0 Å². The molecule has 18 heavy (non-hydrogen) atoms. The molecule has 0 radical (unpaired) electrons. The predicted molar refractivity (Wildman–Crippen MR) is 75.1 cm³/mol. The zero-order valence-corrected chi connectivity index (χ0v) is 12.1. The SMILES string of the molecule is CSCCCCCNC(=O)N(C)CCCC(=O)O. The molecule has 0 saturated carbocycles. The number of nitrogens with one attached hydrogen (secondary N) is 1. The smallest absolute Gasteiger partial charge is 0.317 e. The van der Waals surface area contributed by atoms with E-state index in [-0.39, 0.29) is 12.5 Å². The van der Waals surface area contributed by atoms with Crippen LogP contribution in [-0.4, -0.2) is 54.2 Å². The summed E-state index contributed by atoms with van der Waals surface area (Å²) in [5.41, 5.74) is 0. The van der Waals surface area contributed by atoms with Gasteiger partial charge in [0.05, 0.1) is 0 Å². The van der Waals surface area contributed by atoms with E-state index in [4.69, 9.17) is 5.11 Å². The van der Waals surface area contributed by atoms with Gasteiger partial charge in [0.25, 0.3) is 0 Å². The van der Waals surface area contributed by atoms with Crippen molar-refractivity contribution < 1.29 is 14.7 Å². The van der Waals surface area contributed by atoms with Crippen molar-refractivity contribution in [3.05, 3.63) is 0 Å². The molecule has 0 aromatic heterocycles. The van der Waals surface area contributed by atoms with Crippen molar-refractivity contribution >= 4 is 23.8 Å². The van der Waals surface area contributed by atoms with Crippen LogP contribution < -0.4 is 5.32 Å². The highest BCUT2D eigenvalue weighted by molar-refractivity contribution is 7.98. The molecule has 0 aromatic rings. The van der Waals surface area contributed by atoms with E-state index in [1.807, 2.05) is 11.8 Å². The number of hydrogen-bond donors (Lipinski definition) is 2. The number of carboxylic acid groups (broad SMARTS) is 1. The number of carbonyl (C=O) groups is 2. The number of rotatable bonds is 10. The van der Waals surface area contributed by atoms with Crippen molar-refractivity contribution in [3.63, 3.8) is 0 Å². The minimum Gasteiger partial charge on any atom is -0.481 e. The van der Waals surface area contributed by atoms with Crippen LogP contribution in [0.2, 0.25) is 0 Å². The van der Waals surface area contributed by atoms with Crippen molar-refractivity contribution in [3.8, 4) is 0 Å². The lowest BCUT2D eigenvalue weighted by atomic mass is 10.2. The number of unbranched alkanes of at least 4 members (excludes halogenated alkanes) is 2. The van der Waals surface area contributed by atoms with Gasteiger partial charge in [-0.1, -0.05) is 6.42 Å². The maximum Gasteiger partial charge on any atom is 0.317 e. The molecule has 5 nitrogen and oxygen atoms in total. The summed E-state index contributed by atoms with van der Waals surface area (Å²) >= 11 is 1.84. The highest BCUT2D eigenvalue weighted by atomic mass is 32.2. The summed E-state index contributed by atoms with van der Waals surface area (Å²) in [6, 6.07) is -0.120. The molecule has 0 unspecified atom stereocenters. The molecule has 0 aromatic carbocycles. The fourth-order valence-corrected chi connectivity index (χ4v) is 1.94. The first-order valence-corrected chi connectivity index (χ1v) is 7.67. The average Bonchev–Trinajstić information content (AvgIpc) is 2.32. The number of urea groups is 1. The van der Waals surface area contributed by atoms with Crippen molar-refractivity contribution in [1.82, 2.24) is 10.2 Å². The van der Waals surface area contributed by atoms with E-state index in [0.29, 0.717) is 19.5 Å². The lowest BCUT2D eigenvalue weighted by molar-refractivity contribution is -0.137. The van der Waals surface area contributed by atoms with Gasteiger partial charge in [-0.05, 0) is 31.3 Å². The van der Waals surface area contributed by atoms with Gasteiger partial charge in [-0.2, -0.15) is 11.8 Å². The molecular formula is C12H24N2O3S. The van der Waals surface area contributed by atoms with Gasteiger partial charge in [-0.3, -0.25) is 4.79 Å². The quantitative estimate of drug-likeness (QED) is 0.599. The lowest BCUT2D eigenvalue weighted by Crippen LogP contribution is -2.38. The molecule has 0 fully saturated rings. The van der Waals surface area contributed by atoms with Crippen LogP contribution in [0.3, 0.4) is 0 Å². The third kappa shape index (κ3) is 10.3. The average molecular weight is 276 g/mol. The number of carboxylic acids is 1. The summed E-state index contributed by atoms with van der Waals surface area (Å²) in [6.07, 6.45) is 6.00. The Kier molecular flexibility index (Phi) is 10.6. The van der Waals surface area contributed by atoms with Crippen LogP contribution in [0, 0.1) is 0 Å². The Labute approximate surface area is 113 Å². The van der Waals surface area contributed by atoms with E-state index < -0.39 is 5.97 Å². The number of aliphatic carboxylic acids is 1. The summed E-state index contributed by atoms with van der Waals surface area (Å²) < 4.78 is 0. The molecule has 0 atom stereocenters. The summed E-state index contributed by atoms with van der Waals surface area (Å²) in [7, 11) is 1.69. The molecule has 0 bridgehead atoms. The number of hydrogen-bond acceptors (Lipinski definition) is 3. The topological polar surface area (TPSA) is 69.6 Å². The van der Waals surface area contributed by atoms with Gasteiger partial charge in [-0.15, -0.1) is 0 Å². The minimum atomic E-state index is -0.822. The van der Waals surface area contributed by atoms with E-state index in [0.717, 1.165) is 12.8 Å². The highest BCUT2D eigenvalue weighted by Crippen LogP contribution is 2.01. The maximum atomic E-state index is 11.6. The van der Waals surface area contributed by atoms with Gasteiger partial charge in [0.15, 0.2) is 0 Å². The van der Waals surface area contributed by atoms with Crippen LogP contribution >= 0.6 is 11.8 Å².